The molecule has 0 bridgehead atoms. The number of hydrogen-bond donors (Lipinski definition) is 2. The molecule has 6 nitrogen and oxygen atoms in total. The summed E-state index contributed by atoms with van der Waals surface area (Å²) >= 11 is 0. The van der Waals surface area contributed by atoms with Gasteiger partial charge in [0.2, 0.25) is 15.9 Å². The fourth-order valence-corrected chi connectivity index (χ4v) is 3.43. The predicted molar refractivity (Wildman–Crippen MR) is 93.4 cm³/mol. The van der Waals surface area contributed by atoms with Crippen LogP contribution in [-0.4, -0.2) is 27.4 Å². The zero-order valence-corrected chi connectivity index (χ0v) is 14.2. The minimum Gasteiger partial charge on any atom is -0.362 e. The minimum atomic E-state index is -3.76. The van der Waals surface area contributed by atoms with Crippen LogP contribution in [0.5, 0.6) is 0 Å². The van der Waals surface area contributed by atoms with Crippen LogP contribution in [0.3, 0.4) is 0 Å². The summed E-state index contributed by atoms with van der Waals surface area (Å²) in [5, 5.41) is 7.76. The maximum absolute atomic E-state index is 13.3. The quantitative estimate of drug-likeness (QED) is 0.867. The highest BCUT2D eigenvalue weighted by molar-refractivity contribution is 7.89. The molecular weight excluding hydrogens is 345 g/mol. The number of benzene rings is 2. The molecule has 25 heavy (non-hydrogen) atoms. The molecule has 0 aliphatic carbocycles. The summed E-state index contributed by atoms with van der Waals surface area (Å²) in [5.74, 6) is -0.513. The number of rotatable bonds is 4. The second kappa shape index (κ2) is 6.81. The van der Waals surface area contributed by atoms with Crippen LogP contribution in [0.4, 0.5) is 15.8 Å². The summed E-state index contributed by atoms with van der Waals surface area (Å²) in [6, 6.07) is 10.2. The Kier molecular flexibility index (Phi) is 4.73. The molecule has 132 valence electrons. The molecule has 1 aliphatic heterocycles. The fraction of sp³-hybridized carbons (Fsp3) is 0.235. The molecule has 0 spiro atoms. The van der Waals surface area contributed by atoms with Crippen molar-refractivity contribution >= 4 is 27.3 Å². The summed E-state index contributed by atoms with van der Waals surface area (Å²) in [6.07, 6.45) is 1.65. The number of sulfonamides is 1. The van der Waals surface area contributed by atoms with Gasteiger partial charge in [0.05, 0.1) is 11.4 Å². The highest BCUT2D eigenvalue weighted by Gasteiger charge is 2.19. The lowest BCUT2D eigenvalue weighted by Crippen LogP contribution is -2.36. The predicted octanol–water partition coefficient (Wildman–Crippen LogP) is 1.86. The molecule has 0 atom stereocenters. The van der Waals surface area contributed by atoms with Crippen molar-refractivity contribution in [3.63, 3.8) is 0 Å². The number of nitrogens with zero attached hydrogens (tertiary/aromatic N) is 1. The first-order valence-electron chi connectivity index (χ1n) is 7.79. The molecule has 3 rings (SSSR count). The van der Waals surface area contributed by atoms with Gasteiger partial charge >= 0.3 is 0 Å². The third-order valence-electron chi connectivity index (χ3n) is 4.06. The summed E-state index contributed by atoms with van der Waals surface area (Å²) < 4.78 is 35.8. The number of hydrogen-bond acceptors (Lipinski definition) is 4. The molecule has 1 aliphatic rings. The van der Waals surface area contributed by atoms with E-state index in [0.29, 0.717) is 5.69 Å². The smallest absolute Gasteiger partial charge is 0.243 e. The van der Waals surface area contributed by atoms with E-state index in [0.717, 1.165) is 30.6 Å². The van der Waals surface area contributed by atoms with Gasteiger partial charge in [-0.2, -0.15) is 0 Å². The normalized spacial score (nSPS) is 14.1. The van der Waals surface area contributed by atoms with Crippen LogP contribution in [0.25, 0.3) is 0 Å². The molecule has 0 saturated carbocycles. The summed E-state index contributed by atoms with van der Waals surface area (Å²) in [4.78, 5) is 14.2. The first-order valence-corrected chi connectivity index (χ1v) is 9.34. The molecule has 2 aromatic rings. The first kappa shape index (κ1) is 17.4. The number of carbonyl (C=O) groups is 1. The maximum atomic E-state index is 13.3. The van der Waals surface area contributed by atoms with Crippen molar-refractivity contribution in [2.75, 3.05) is 23.3 Å². The number of anilines is 2. The van der Waals surface area contributed by atoms with Gasteiger partial charge in [0, 0.05) is 17.9 Å². The van der Waals surface area contributed by atoms with Crippen molar-refractivity contribution in [1.82, 2.24) is 0 Å². The van der Waals surface area contributed by atoms with E-state index in [4.69, 9.17) is 5.14 Å². The van der Waals surface area contributed by atoms with Gasteiger partial charge in [-0.1, -0.05) is 0 Å². The van der Waals surface area contributed by atoms with E-state index in [2.05, 4.69) is 5.32 Å². The van der Waals surface area contributed by atoms with Crippen LogP contribution in [0, 0.1) is 5.82 Å². The summed E-state index contributed by atoms with van der Waals surface area (Å²) in [5.41, 5.74) is 2.25. The average molecular weight is 363 g/mol. The second-order valence-electron chi connectivity index (χ2n) is 5.92. The number of fused-ring (bicyclic) bond motifs is 1. The van der Waals surface area contributed by atoms with Gasteiger partial charge in [-0.05, 0) is 60.9 Å². The van der Waals surface area contributed by atoms with Crippen molar-refractivity contribution in [1.29, 1.82) is 0 Å². The average Bonchev–Trinajstić information content (AvgIpc) is 2.54. The lowest BCUT2D eigenvalue weighted by atomic mass is 10.0. The van der Waals surface area contributed by atoms with Gasteiger partial charge in [0.1, 0.15) is 5.82 Å². The van der Waals surface area contributed by atoms with Gasteiger partial charge in [0.25, 0.3) is 0 Å². The van der Waals surface area contributed by atoms with E-state index in [1.54, 1.807) is 6.07 Å². The largest absolute Gasteiger partial charge is 0.362 e. The van der Waals surface area contributed by atoms with E-state index in [-0.39, 0.29) is 23.2 Å². The molecule has 2 aromatic carbocycles. The van der Waals surface area contributed by atoms with E-state index in [1.807, 2.05) is 4.90 Å². The Hall–Kier alpha value is -2.45. The monoisotopic (exact) mass is 363 g/mol. The van der Waals surface area contributed by atoms with Crippen molar-refractivity contribution in [2.45, 2.75) is 17.7 Å². The van der Waals surface area contributed by atoms with Crippen molar-refractivity contribution in [3.8, 4) is 0 Å². The van der Waals surface area contributed by atoms with E-state index < -0.39 is 10.0 Å². The van der Waals surface area contributed by atoms with E-state index in [9.17, 15) is 17.6 Å². The fourth-order valence-electron chi connectivity index (χ4n) is 2.91. The molecule has 1 amide bonds. The number of aryl methyl sites for hydroxylation is 1. The van der Waals surface area contributed by atoms with Gasteiger partial charge in [-0.15, -0.1) is 0 Å². The topological polar surface area (TPSA) is 92.5 Å². The molecule has 0 saturated heterocycles. The Bertz CT molecular complexity index is 898. The Morgan fingerprint density at radius 2 is 1.92 bits per heavy atom. The van der Waals surface area contributed by atoms with Crippen LogP contribution >= 0.6 is 0 Å². The lowest BCUT2D eigenvalue weighted by molar-refractivity contribution is -0.115. The number of carbonyl (C=O) groups excluding carboxylic acids is 1. The number of amides is 1. The standard InChI is InChI=1S/C17H18FN3O3S/c18-13-3-8-16-12(10-13)2-1-9-21(16)11-17(22)20-14-4-6-15(7-5-14)25(19,23)24/h3-8,10H,1-2,9,11H2,(H,20,22)(H2,19,23,24). The zero-order chi connectivity index (χ0) is 18.0. The number of nitrogens with one attached hydrogen (secondary N) is 1. The van der Waals surface area contributed by atoms with Gasteiger partial charge in [-0.25, -0.2) is 17.9 Å². The Morgan fingerprint density at radius 1 is 1.20 bits per heavy atom. The lowest BCUT2D eigenvalue weighted by Gasteiger charge is -2.30. The van der Waals surface area contributed by atoms with Crippen LogP contribution in [0.2, 0.25) is 0 Å². The molecule has 0 fully saturated rings. The highest BCUT2D eigenvalue weighted by atomic mass is 32.2. The maximum Gasteiger partial charge on any atom is 0.243 e. The van der Waals surface area contributed by atoms with Crippen LogP contribution < -0.4 is 15.4 Å². The molecule has 0 unspecified atom stereocenters. The molecule has 0 aromatic heterocycles. The van der Waals surface area contributed by atoms with Crippen LogP contribution in [0.15, 0.2) is 47.4 Å². The molecular formula is C17H18FN3O3S. The summed E-state index contributed by atoms with van der Waals surface area (Å²) in [6.45, 7) is 0.853. The second-order valence-corrected chi connectivity index (χ2v) is 7.48. The molecule has 8 heteroatoms. The number of nitrogens with two attached hydrogens (primary N) is 1. The Morgan fingerprint density at radius 3 is 2.60 bits per heavy atom. The third-order valence-corrected chi connectivity index (χ3v) is 4.99. The number of primary sulfonamides is 1. The highest BCUT2D eigenvalue weighted by Crippen LogP contribution is 2.27. The van der Waals surface area contributed by atoms with Gasteiger partial charge in [-0.3, -0.25) is 4.79 Å². The molecule has 1 heterocycles. The SMILES string of the molecule is NS(=O)(=O)c1ccc(NC(=O)CN2CCCc3cc(F)ccc32)cc1. The van der Waals surface area contributed by atoms with Crippen LogP contribution in [0.1, 0.15) is 12.0 Å². The molecule has 0 radical (unpaired) electrons. The van der Waals surface area contributed by atoms with Crippen molar-refractivity contribution in [2.24, 2.45) is 5.14 Å². The summed E-state index contributed by atoms with van der Waals surface area (Å²) in [7, 11) is -3.76. The van der Waals surface area contributed by atoms with E-state index in [1.165, 1.54) is 36.4 Å². The molecule has 3 N–H and O–H groups in total. The zero-order valence-electron chi connectivity index (χ0n) is 13.4. The van der Waals surface area contributed by atoms with Gasteiger partial charge in [0.15, 0.2) is 0 Å². The van der Waals surface area contributed by atoms with E-state index >= 15 is 0 Å². The first-order chi connectivity index (χ1) is 11.8. The minimum absolute atomic E-state index is 0.0162. The Balaban J connectivity index is 1.68. The number of halogens is 1. The van der Waals surface area contributed by atoms with Crippen LogP contribution in [-0.2, 0) is 21.2 Å². The van der Waals surface area contributed by atoms with Crippen molar-refractivity contribution in [3.05, 3.63) is 53.8 Å². The third kappa shape index (κ3) is 4.15. The van der Waals surface area contributed by atoms with Gasteiger partial charge < -0.3 is 10.2 Å². The Labute approximate surface area is 145 Å². The van der Waals surface area contributed by atoms with Crippen molar-refractivity contribution < 1.29 is 17.6 Å².